The van der Waals surface area contributed by atoms with Crippen LogP contribution in [0.25, 0.3) is 0 Å². The zero-order valence-corrected chi connectivity index (χ0v) is 12.8. The smallest absolute Gasteiger partial charge is 0.155 e. The minimum atomic E-state index is 0.234. The molecule has 1 aliphatic carbocycles. The molecule has 0 bridgehead atoms. The summed E-state index contributed by atoms with van der Waals surface area (Å²) >= 11 is 0. The molecule has 0 saturated carbocycles. The van der Waals surface area contributed by atoms with Crippen molar-refractivity contribution in [3.8, 4) is 0 Å². The molecule has 0 N–H and O–H groups in total. The van der Waals surface area contributed by atoms with E-state index in [9.17, 15) is 4.79 Å². The van der Waals surface area contributed by atoms with Crippen LogP contribution in [0.4, 0.5) is 0 Å². The van der Waals surface area contributed by atoms with Crippen LogP contribution in [0.1, 0.15) is 60.8 Å². The van der Waals surface area contributed by atoms with Gasteiger partial charge >= 0.3 is 0 Å². The zero-order chi connectivity index (χ0) is 13.9. The lowest BCUT2D eigenvalue weighted by Gasteiger charge is -2.37. The lowest BCUT2D eigenvalue weighted by Crippen LogP contribution is -2.27. The first kappa shape index (κ1) is 15.2. The predicted octanol–water partition coefficient (Wildman–Crippen LogP) is 4.93. The van der Waals surface area contributed by atoms with Crippen molar-refractivity contribution in [3.05, 3.63) is 23.3 Å². The number of carbonyl (C=O) groups excluding carboxylic acids is 1. The SMILES string of the molecule is CC(=O)/C(=C/C1C(C)=CCCC1(C)C)CC(C)C. The Morgan fingerprint density at radius 2 is 2.11 bits per heavy atom. The van der Waals surface area contributed by atoms with Crippen LogP contribution in [-0.2, 0) is 4.79 Å². The van der Waals surface area contributed by atoms with Gasteiger partial charge in [0, 0.05) is 5.92 Å². The highest BCUT2D eigenvalue weighted by Gasteiger charge is 2.31. The normalized spacial score (nSPS) is 24.1. The average molecular weight is 248 g/mol. The van der Waals surface area contributed by atoms with E-state index in [1.165, 1.54) is 18.4 Å². The maximum atomic E-state index is 11.8. The van der Waals surface area contributed by atoms with Gasteiger partial charge in [0.05, 0.1) is 0 Å². The zero-order valence-electron chi connectivity index (χ0n) is 12.8. The van der Waals surface area contributed by atoms with Gasteiger partial charge in [0.1, 0.15) is 0 Å². The van der Waals surface area contributed by atoms with Gasteiger partial charge in [-0.05, 0) is 50.0 Å². The summed E-state index contributed by atoms with van der Waals surface area (Å²) < 4.78 is 0. The highest BCUT2D eigenvalue weighted by atomic mass is 16.1. The molecule has 1 nitrogen and oxygen atoms in total. The predicted molar refractivity (Wildman–Crippen MR) is 78.5 cm³/mol. The number of rotatable bonds is 4. The molecule has 1 atom stereocenters. The highest BCUT2D eigenvalue weighted by molar-refractivity contribution is 5.93. The molecule has 102 valence electrons. The molecular formula is C17H28O. The Kier molecular flexibility index (Phi) is 4.95. The number of hydrogen-bond donors (Lipinski definition) is 0. The topological polar surface area (TPSA) is 17.1 Å². The molecule has 0 heterocycles. The van der Waals surface area contributed by atoms with E-state index in [0.717, 1.165) is 12.0 Å². The minimum Gasteiger partial charge on any atom is -0.295 e. The summed E-state index contributed by atoms with van der Waals surface area (Å²) in [5.74, 6) is 1.19. The van der Waals surface area contributed by atoms with Crippen molar-refractivity contribution >= 4 is 5.78 Å². The lowest BCUT2D eigenvalue weighted by molar-refractivity contribution is -0.113. The lowest BCUT2D eigenvalue weighted by atomic mass is 9.68. The van der Waals surface area contributed by atoms with Gasteiger partial charge in [-0.1, -0.05) is 45.4 Å². The summed E-state index contributed by atoms with van der Waals surface area (Å²) in [6, 6.07) is 0. The first-order valence-corrected chi connectivity index (χ1v) is 7.12. The molecule has 0 aromatic rings. The van der Waals surface area contributed by atoms with Crippen LogP contribution in [0.3, 0.4) is 0 Å². The van der Waals surface area contributed by atoms with Crippen LogP contribution in [0.2, 0.25) is 0 Å². The Morgan fingerprint density at radius 3 is 2.56 bits per heavy atom. The Morgan fingerprint density at radius 1 is 1.50 bits per heavy atom. The van der Waals surface area contributed by atoms with Crippen LogP contribution in [0, 0.1) is 17.3 Å². The van der Waals surface area contributed by atoms with Crippen molar-refractivity contribution in [2.75, 3.05) is 0 Å². The Balaban J connectivity index is 3.05. The second kappa shape index (κ2) is 5.86. The van der Waals surface area contributed by atoms with Crippen LogP contribution in [0.5, 0.6) is 0 Å². The first-order valence-electron chi connectivity index (χ1n) is 7.12. The van der Waals surface area contributed by atoms with Crippen LogP contribution in [0.15, 0.2) is 23.3 Å². The summed E-state index contributed by atoms with van der Waals surface area (Å²) in [5.41, 5.74) is 2.71. The van der Waals surface area contributed by atoms with Gasteiger partial charge < -0.3 is 0 Å². The van der Waals surface area contributed by atoms with Crippen LogP contribution >= 0.6 is 0 Å². The van der Waals surface area contributed by atoms with Gasteiger partial charge in [0.2, 0.25) is 0 Å². The number of Topliss-reactive ketones (excluding diaryl/α,β-unsaturated/α-hetero) is 1. The van der Waals surface area contributed by atoms with E-state index in [1.54, 1.807) is 6.92 Å². The average Bonchev–Trinajstić information content (AvgIpc) is 2.20. The molecular weight excluding hydrogens is 220 g/mol. The molecule has 0 aliphatic heterocycles. The number of ketones is 1. The second-order valence-electron chi connectivity index (χ2n) is 6.80. The highest BCUT2D eigenvalue weighted by Crippen LogP contribution is 2.42. The Labute approximate surface area is 112 Å². The van der Waals surface area contributed by atoms with Crippen LogP contribution in [-0.4, -0.2) is 5.78 Å². The molecule has 0 aromatic carbocycles. The molecule has 0 spiro atoms. The van der Waals surface area contributed by atoms with Crippen molar-refractivity contribution in [1.29, 1.82) is 0 Å². The van der Waals surface area contributed by atoms with E-state index < -0.39 is 0 Å². The number of carbonyl (C=O) groups is 1. The maximum Gasteiger partial charge on any atom is 0.155 e. The molecule has 0 saturated heterocycles. The summed E-state index contributed by atoms with van der Waals surface area (Å²) in [6.07, 6.45) is 7.85. The van der Waals surface area contributed by atoms with Gasteiger partial charge in [-0.3, -0.25) is 4.79 Å². The largest absolute Gasteiger partial charge is 0.295 e. The minimum absolute atomic E-state index is 0.234. The molecule has 1 rings (SSSR count). The third-order valence-electron chi connectivity index (χ3n) is 4.04. The Bertz CT molecular complexity index is 369. The van der Waals surface area contributed by atoms with Gasteiger partial charge in [-0.2, -0.15) is 0 Å². The van der Waals surface area contributed by atoms with E-state index in [2.05, 4.69) is 46.8 Å². The summed E-state index contributed by atoms with van der Waals surface area (Å²) in [7, 11) is 0. The molecule has 0 amide bonds. The second-order valence-corrected chi connectivity index (χ2v) is 6.80. The van der Waals surface area contributed by atoms with Gasteiger partial charge in [-0.25, -0.2) is 0 Å². The first-order chi connectivity index (χ1) is 8.24. The molecule has 1 unspecified atom stereocenters. The van der Waals surface area contributed by atoms with E-state index in [4.69, 9.17) is 0 Å². The number of hydrogen-bond acceptors (Lipinski definition) is 1. The molecule has 1 aliphatic rings. The van der Waals surface area contributed by atoms with Crippen molar-refractivity contribution < 1.29 is 4.79 Å². The van der Waals surface area contributed by atoms with Gasteiger partial charge in [0.25, 0.3) is 0 Å². The van der Waals surface area contributed by atoms with Crippen molar-refractivity contribution in [2.24, 2.45) is 17.3 Å². The van der Waals surface area contributed by atoms with Crippen molar-refractivity contribution in [2.45, 2.75) is 60.8 Å². The molecule has 1 heteroatoms. The summed E-state index contributed by atoms with van der Waals surface area (Å²) in [5, 5.41) is 0. The third-order valence-corrected chi connectivity index (χ3v) is 4.04. The van der Waals surface area contributed by atoms with E-state index >= 15 is 0 Å². The van der Waals surface area contributed by atoms with E-state index in [-0.39, 0.29) is 11.2 Å². The van der Waals surface area contributed by atoms with E-state index in [0.29, 0.717) is 11.8 Å². The monoisotopic (exact) mass is 248 g/mol. The number of allylic oxidation sites excluding steroid dienone is 4. The van der Waals surface area contributed by atoms with Gasteiger partial charge in [-0.15, -0.1) is 0 Å². The third kappa shape index (κ3) is 3.83. The van der Waals surface area contributed by atoms with Crippen molar-refractivity contribution in [3.63, 3.8) is 0 Å². The molecule has 0 radical (unpaired) electrons. The van der Waals surface area contributed by atoms with E-state index in [1.807, 2.05) is 0 Å². The quantitative estimate of drug-likeness (QED) is 0.509. The van der Waals surface area contributed by atoms with Gasteiger partial charge in [0.15, 0.2) is 5.78 Å². The van der Waals surface area contributed by atoms with Crippen LogP contribution < -0.4 is 0 Å². The molecule has 18 heavy (non-hydrogen) atoms. The van der Waals surface area contributed by atoms with Crippen molar-refractivity contribution in [1.82, 2.24) is 0 Å². The fourth-order valence-electron chi connectivity index (χ4n) is 2.90. The summed E-state index contributed by atoms with van der Waals surface area (Å²) in [6.45, 7) is 12.9. The summed E-state index contributed by atoms with van der Waals surface area (Å²) in [4.78, 5) is 11.8. The molecule has 0 fully saturated rings. The maximum absolute atomic E-state index is 11.8. The standard InChI is InChI=1S/C17H28O/c1-12(2)10-15(14(4)18)11-16-13(3)8-7-9-17(16,5)6/h8,11-12,16H,7,9-10H2,1-6H3/b15-11+. The molecule has 0 aromatic heterocycles. The fraction of sp³-hybridized carbons (Fsp3) is 0.706. The fourth-order valence-corrected chi connectivity index (χ4v) is 2.90. The Hall–Kier alpha value is -0.850.